The lowest BCUT2D eigenvalue weighted by molar-refractivity contribution is 0.0592. The van der Waals surface area contributed by atoms with Crippen LogP contribution >= 0.6 is 0 Å². The fourth-order valence-corrected chi connectivity index (χ4v) is 1.93. The molecule has 5 nitrogen and oxygen atoms in total. The first-order chi connectivity index (χ1) is 7.20. The number of hydrogen-bond donors (Lipinski definition) is 1. The van der Waals surface area contributed by atoms with E-state index >= 15 is 0 Å². The molecule has 1 N–H and O–H groups in total. The highest BCUT2D eigenvalue weighted by atomic mass is 16.5. The number of esters is 1. The van der Waals surface area contributed by atoms with Crippen molar-refractivity contribution in [1.29, 1.82) is 0 Å². The number of aliphatic hydroxyl groups is 1. The second kappa shape index (κ2) is 4.02. The molecule has 1 aromatic rings. The topological polar surface area (TPSA) is 64.3 Å². The molecule has 2 atom stereocenters. The highest BCUT2D eigenvalue weighted by molar-refractivity contribution is 5.86. The fraction of sp³-hybridized carbons (Fsp3) is 0.600. The van der Waals surface area contributed by atoms with E-state index in [1.807, 2.05) is 0 Å². The lowest BCUT2D eigenvalue weighted by Gasteiger charge is -2.08. The summed E-state index contributed by atoms with van der Waals surface area (Å²) in [6.07, 6.45) is 3.94. The van der Waals surface area contributed by atoms with Crippen LogP contribution in [0.2, 0.25) is 0 Å². The highest BCUT2D eigenvalue weighted by Gasteiger charge is 2.25. The first kappa shape index (κ1) is 10.2. The Kier molecular flexibility index (Phi) is 2.73. The van der Waals surface area contributed by atoms with E-state index in [9.17, 15) is 9.90 Å². The Hall–Kier alpha value is -1.36. The standard InChI is InChI=1S/C10H14N2O3/c1-15-10(14)9-4-5-12(11-9)7-2-3-8(13)6-7/h4-5,7-8,13H,2-3,6H2,1H3. The van der Waals surface area contributed by atoms with Crippen molar-refractivity contribution in [3.8, 4) is 0 Å². The van der Waals surface area contributed by atoms with Gasteiger partial charge in [0.15, 0.2) is 5.69 Å². The number of carbonyl (C=O) groups is 1. The number of nitrogens with zero attached hydrogens (tertiary/aromatic N) is 2. The molecule has 0 saturated heterocycles. The minimum absolute atomic E-state index is 0.207. The number of aliphatic hydroxyl groups excluding tert-OH is 1. The lowest BCUT2D eigenvalue weighted by Crippen LogP contribution is -2.10. The van der Waals surface area contributed by atoms with Gasteiger partial charge in [-0.1, -0.05) is 0 Å². The highest BCUT2D eigenvalue weighted by Crippen LogP contribution is 2.29. The maximum absolute atomic E-state index is 11.2. The fourth-order valence-electron chi connectivity index (χ4n) is 1.93. The van der Waals surface area contributed by atoms with Crippen LogP contribution in [0.5, 0.6) is 0 Å². The zero-order valence-corrected chi connectivity index (χ0v) is 8.59. The molecule has 5 heteroatoms. The molecule has 0 radical (unpaired) electrons. The van der Waals surface area contributed by atoms with Gasteiger partial charge in [-0.3, -0.25) is 4.68 Å². The Morgan fingerprint density at radius 3 is 3.07 bits per heavy atom. The van der Waals surface area contributed by atoms with Crippen molar-refractivity contribution in [2.24, 2.45) is 0 Å². The van der Waals surface area contributed by atoms with Crippen molar-refractivity contribution in [2.75, 3.05) is 7.11 Å². The van der Waals surface area contributed by atoms with Crippen LogP contribution in [0.1, 0.15) is 35.8 Å². The smallest absolute Gasteiger partial charge is 0.358 e. The van der Waals surface area contributed by atoms with Gasteiger partial charge in [0, 0.05) is 6.20 Å². The van der Waals surface area contributed by atoms with Crippen molar-refractivity contribution < 1.29 is 14.6 Å². The zero-order valence-electron chi connectivity index (χ0n) is 8.59. The maximum Gasteiger partial charge on any atom is 0.358 e. The second-order valence-corrected chi connectivity index (χ2v) is 3.79. The van der Waals surface area contributed by atoms with E-state index in [1.165, 1.54) is 7.11 Å². The van der Waals surface area contributed by atoms with Gasteiger partial charge in [-0.05, 0) is 25.3 Å². The van der Waals surface area contributed by atoms with Gasteiger partial charge in [0.05, 0.1) is 19.3 Å². The Morgan fingerprint density at radius 2 is 2.47 bits per heavy atom. The van der Waals surface area contributed by atoms with E-state index in [0.717, 1.165) is 12.8 Å². The van der Waals surface area contributed by atoms with Crippen molar-refractivity contribution >= 4 is 5.97 Å². The summed E-state index contributed by atoms with van der Waals surface area (Å²) in [7, 11) is 1.33. The van der Waals surface area contributed by atoms with Crippen LogP contribution in [0.3, 0.4) is 0 Å². The van der Waals surface area contributed by atoms with Gasteiger partial charge in [-0.15, -0.1) is 0 Å². The van der Waals surface area contributed by atoms with Gasteiger partial charge < -0.3 is 9.84 Å². The van der Waals surface area contributed by atoms with E-state index < -0.39 is 5.97 Å². The van der Waals surface area contributed by atoms with Crippen molar-refractivity contribution in [1.82, 2.24) is 9.78 Å². The van der Waals surface area contributed by atoms with Gasteiger partial charge in [0.1, 0.15) is 0 Å². The van der Waals surface area contributed by atoms with E-state index in [0.29, 0.717) is 12.1 Å². The Bertz CT molecular complexity index is 361. The largest absolute Gasteiger partial charge is 0.464 e. The summed E-state index contributed by atoms with van der Waals surface area (Å²) in [5, 5.41) is 13.5. The minimum atomic E-state index is -0.424. The number of ether oxygens (including phenoxy) is 1. The number of carbonyl (C=O) groups excluding carboxylic acids is 1. The predicted octanol–water partition coefficient (Wildman–Crippen LogP) is 0.756. The molecule has 1 saturated carbocycles. The Balaban J connectivity index is 2.10. The molecule has 82 valence electrons. The van der Waals surface area contributed by atoms with Gasteiger partial charge in [0.25, 0.3) is 0 Å². The molecule has 15 heavy (non-hydrogen) atoms. The molecule has 0 aliphatic heterocycles. The van der Waals surface area contributed by atoms with Gasteiger partial charge in [0.2, 0.25) is 0 Å². The van der Waals surface area contributed by atoms with Crippen LogP contribution < -0.4 is 0 Å². The molecule has 0 spiro atoms. The third kappa shape index (κ3) is 2.02. The second-order valence-electron chi connectivity index (χ2n) is 3.79. The summed E-state index contributed by atoms with van der Waals surface area (Å²) in [6, 6.07) is 1.84. The van der Waals surface area contributed by atoms with E-state index in [1.54, 1.807) is 16.9 Å². The summed E-state index contributed by atoms with van der Waals surface area (Å²) in [4.78, 5) is 11.2. The summed E-state index contributed by atoms with van der Waals surface area (Å²) in [5.74, 6) is -0.424. The van der Waals surface area contributed by atoms with Gasteiger partial charge in [-0.25, -0.2) is 4.79 Å². The molecule has 1 aromatic heterocycles. The third-order valence-corrected chi connectivity index (χ3v) is 2.75. The monoisotopic (exact) mass is 210 g/mol. The van der Waals surface area contributed by atoms with Crippen molar-refractivity contribution in [3.05, 3.63) is 18.0 Å². The summed E-state index contributed by atoms with van der Waals surface area (Å²) in [5.41, 5.74) is 0.318. The number of aromatic nitrogens is 2. The molecule has 1 aliphatic carbocycles. The average Bonchev–Trinajstić information content (AvgIpc) is 2.84. The van der Waals surface area contributed by atoms with Crippen LogP contribution in [-0.2, 0) is 4.74 Å². The summed E-state index contributed by atoms with van der Waals surface area (Å²) in [6.45, 7) is 0. The first-order valence-corrected chi connectivity index (χ1v) is 5.02. The molecule has 1 heterocycles. The third-order valence-electron chi connectivity index (χ3n) is 2.75. The maximum atomic E-state index is 11.2. The van der Waals surface area contributed by atoms with E-state index in [4.69, 9.17) is 0 Å². The molecule has 1 aliphatic rings. The molecule has 2 unspecified atom stereocenters. The summed E-state index contributed by atoms with van der Waals surface area (Å²) < 4.78 is 6.31. The quantitative estimate of drug-likeness (QED) is 0.732. The molecule has 0 aromatic carbocycles. The van der Waals surface area contributed by atoms with Crippen LogP contribution in [0.25, 0.3) is 0 Å². The molecule has 2 rings (SSSR count). The molecular formula is C10H14N2O3. The van der Waals surface area contributed by atoms with Gasteiger partial charge in [-0.2, -0.15) is 5.10 Å². The number of rotatable bonds is 2. The molecule has 1 fully saturated rings. The van der Waals surface area contributed by atoms with Crippen LogP contribution in [-0.4, -0.2) is 34.1 Å². The molecule has 0 bridgehead atoms. The number of methoxy groups -OCH3 is 1. The Morgan fingerprint density at radius 1 is 1.67 bits per heavy atom. The normalized spacial score (nSPS) is 25.5. The number of hydrogen-bond acceptors (Lipinski definition) is 4. The van der Waals surface area contributed by atoms with Crippen LogP contribution in [0.4, 0.5) is 0 Å². The van der Waals surface area contributed by atoms with Crippen molar-refractivity contribution in [3.63, 3.8) is 0 Å². The lowest BCUT2D eigenvalue weighted by atomic mass is 10.2. The molecular weight excluding hydrogens is 196 g/mol. The molecule has 0 amide bonds. The summed E-state index contributed by atoms with van der Waals surface area (Å²) >= 11 is 0. The van der Waals surface area contributed by atoms with Gasteiger partial charge >= 0.3 is 5.97 Å². The first-order valence-electron chi connectivity index (χ1n) is 5.02. The minimum Gasteiger partial charge on any atom is -0.464 e. The van der Waals surface area contributed by atoms with Crippen LogP contribution in [0.15, 0.2) is 12.3 Å². The SMILES string of the molecule is COC(=O)c1ccn(C2CCC(O)C2)n1. The van der Waals surface area contributed by atoms with Crippen molar-refractivity contribution in [2.45, 2.75) is 31.4 Å². The zero-order chi connectivity index (χ0) is 10.8. The average molecular weight is 210 g/mol. The van der Waals surface area contributed by atoms with E-state index in [2.05, 4.69) is 9.84 Å². The predicted molar refractivity (Wildman–Crippen MR) is 52.5 cm³/mol. The Labute approximate surface area is 87.7 Å². The van der Waals surface area contributed by atoms with Crippen LogP contribution in [0, 0.1) is 0 Å². The van der Waals surface area contributed by atoms with E-state index in [-0.39, 0.29) is 12.1 Å².